The molecule has 0 aromatic heterocycles. The Morgan fingerprint density at radius 1 is 1.37 bits per heavy atom. The highest BCUT2D eigenvalue weighted by Crippen LogP contribution is 2.17. The third-order valence-electron chi connectivity index (χ3n) is 2.95. The molecule has 1 atom stereocenters. The lowest BCUT2D eigenvalue weighted by atomic mass is 10.1. The van der Waals surface area contributed by atoms with Crippen LogP contribution >= 0.6 is 0 Å². The first-order chi connectivity index (χ1) is 8.99. The van der Waals surface area contributed by atoms with E-state index in [9.17, 15) is 18.0 Å². The maximum atomic E-state index is 13.1. The van der Waals surface area contributed by atoms with E-state index in [1.165, 1.54) is 4.90 Å². The molecule has 0 saturated carbocycles. The third kappa shape index (κ3) is 3.05. The van der Waals surface area contributed by atoms with E-state index in [0.717, 1.165) is 12.1 Å². The number of carboxylic acids is 1. The predicted molar refractivity (Wildman–Crippen MR) is 59.0 cm³/mol. The van der Waals surface area contributed by atoms with Gasteiger partial charge >= 0.3 is 5.97 Å². The van der Waals surface area contributed by atoms with Gasteiger partial charge in [-0.05, 0) is 17.7 Å². The topological polar surface area (TPSA) is 49.8 Å². The average molecular weight is 275 g/mol. The molecule has 0 bridgehead atoms. The summed E-state index contributed by atoms with van der Waals surface area (Å²) < 4.78 is 44.0. The fourth-order valence-corrected chi connectivity index (χ4v) is 1.99. The number of nitrogens with zero attached hydrogens (tertiary/aromatic N) is 1. The normalized spacial score (nSPS) is 20.5. The van der Waals surface area contributed by atoms with E-state index in [0.29, 0.717) is 13.2 Å². The highest BCUT2D eigenvalue weighted by atomic mass is 19.2. The Labute approximate surface area is 107 Å². The van der Waals surface area contributed by atoms with Crippen LogP contribution < -0.4 is 0 Å². The van der Waals surface area contributed by atoms with Crippen molar-refractivity contribution in [2.24, 2.45) is 0 Å². The number of benzene rings is 1. The molecule has 1 aliphatic rings. The molecular weight excluding hydrogens is 263 g/mol. The van der Waals surface area contributed by atoms with Crippen molar-refractivity contribution in [3.05, 3.63) is 35.1 Å². The van der Waals surface area contributed by atoms with Crippen molar-refractivity contribution in [2.45, 2.75) is 12.6 Å². The molecule has 104 valence electrons. The van der Waals surface area contributed by atoms with Crippen LogP contribution in [0, 0.1) is 17.5 Å². The monoisotopic (exact) mass is 275 g/mol. The maximum absolute atomic E-state index is 13.1. The van der Waals surface area contributed by atoms with Crippen LogP contribution in [0.3, 0.4) is 0 Å². The van der Waals surface area contributed by atoms with Gasteiger partial charge in [-0.1, -0.05) is 0 Å². The molecule has 0 aliphatic carbocycles. The second-order valence-corrected chi connectivity index (χ2v) is 4.27. The van der Waals surface area contributed by atoms with Crippen LogP contribution in [0.15, 0.2) is 12.1 Å². The van der Waals surface area contributed by atoms with Gasteiger partial charge in [0.15, 0.2) is 17.5 Å². The van der Waals surface area contributed by atoms with E-state index in [1.807, 2.05) is 0 Å². The lowest BCUT2D eigenvalue weighted by Gasteiger charge is -2.32. The molecule has 1 heterocycles. The lowest BCUT2D eigenvalue weighted by Crippen LogP contribution is -2.49. The third-order valence-corrected chi connectivity index (χ3v) is 2.95. The standard InChI is InChI=1S/C12H12F3NO3/c13-8-3-7(4-9(14)11(8)15)5-16-1-2-19-6-10(16)12(17)18/h3-4,10H,1-2,5-6H2,(H,17,18). The average Bonchev–Trinajstić information content (AvgIpc) is 2.36. The summed E-state index contributed by atoms with van der Waals surface area (Å²) in [7, 11) is 0. The van der Waals surface area contributed by atoms with Crippen molar-refractivity contribution < 1.29 is 27.8 Å². The summed E-state index contributed by atoms with van der Waals surface area (Å²) in [5.74, 6) is -5.16. The molecule has 1 N–H and O–H groups in total. The SMILES string of the molecule is O=C(O)C1COCCN1Cc1cc(F)c(F)c(F)c1. The Bertz CT molecular complexity index is 472. The van der Waals surface area contributed by atoms with Crippen molar-refractivity contribution in [2.75, 3.05) is 19.8 Å². The summed E-state index contributed by atoms with van der Waals surface area (Å²) >= 11 is 0. The Balaban J connectivity index is 2.17. The Hall–Kier alpha value is -1.60. The predicted octanol–water partition coefficient (Wildman–Crippen LogP) is 1.39. The minimum atomic E-state index is -1.53. The minimum Gasteiger partial charge on any atom is -0.480 e. The van der Waals surface area contributed by atoms with E-state index in [-0.39, 0.29) is 18.7 Å². The van der Waals surface area contributed by atoms with Crippen molar-refractivity contribution in [3.63, 3.8) is 0 Å². The van der Waals surface area contributed by atoms with Crippen molar-refractivity contribution >= 4 is 5.97 Å². The summed E-state index contributed by atoms with van der Waals surface area (Å²) in [5.41, 5.74) is 0.185. The van der Waals surface area contributed by atoms with Gasteiger partial charge in [0.25, 0.3) is 0 Å². The van der Waals surface area contributed by atoms with Gasteiger partial charge in [0.1, 0.15) is 6.04 Å². The first kappa shape index (κ1) is 13.8. The van der Waals surface area contributed by atoms with Gasteiger partial charge in [-0.3, -0.25) is 9.69 Å². The maximum Gasteiger partial charge on any atom is 0.323 e. The molecular formula is C12H12F3NO3. The largest absolute Gasteiger partial charge is 0.480 e. The summed E-state index contributed by atoms with van der Waals surface area (Å²) in [6, 6.07) is 0.865. The number of halogens is 3. The molecule has 19 heavy (non-hydrogen) atoms. The van der Waals surface area contributed by atoms with E-state index in [2.05, 4.69) is 0 Å². The fraction of sp³-hybridized carbons (Fsp3) is 0.417. The van der Waals surface area contributed by atoms with Gasteiger partial charge in [0.2, 0.25) is 0 Å². The van der Waals surface area contributed by atoms with Crippen LogP contribution in [0.25, 0.3) is 0 Å². The zero-order valence-electron chi connectivity index (χ0n) is 9.91. The molecule has 0 radical (unpaired) electrons. The van der Waals surface area contributed by atoms with Gasteiger partial charge in [-0.15, -0.1) is 0 Å². The first-order valence-electron chi connectivity index (χ1n) is 5.67. The van der Waals surface area contributed by atoms with E-state index in [4.69, 9.17) is 9.84 Å². The second kappa shape index (κ2) is 5.58. The van der Waals surface area contributed by atoms with Crippen LogP contribution in [-0.2, 0) is 16.1 Å². The summed E-state index contributed by atoms with van der Waals surface area (Å²) in [6.45, 7) is 0.712. The summed E-state index contributed by atoms with van der Waals surface area (Å²) in [4.78, 5) is 12.5. The number of carboxylic acid groups (broad SMARTS) is 1. The smallest absolute Gasteiger partial charge is 0.323 e. The Morgan fingerprint density at radius 2 is 2.00 bits per heavy atom. The number of hydrogen-bond acceptors (Lipinski definition) is 3. The molecule has 1 saturated heterocycles. The highest BCUT2D eigenvalue weighted by Gasteiger charge is 2.29. The van der Waals surface area contributed by atoms with E-state index >= 15 is 0 Å². The van der Waals surface area contributed by atoms with Gasteiger partial charge in [-0.25, -0.2) is 13.2 Å². The van der Waals surface area contributed by atoms with Gasteiger partial charge < -0.3 is 9.84 Å². The van der Waals surface area contributed by atoms with Crippen LogP contribution in [0.2, 0.25) is 0 Å². The highest BCUT2D eigenvalue weighted by molar-refractivity contribution is 5.73. The second-order valence-electron chi connectivity index (χ2n) is 4.27. The van der Waals surface area contributed by atoms with Crippen LogP contribution in [-0.4, -0.2) is 41.8 Å². The zero-order chi connectivity index (χ0) is 14.0. The molecule has 1 aromatic rings. The van der Waals surface area contributed by atoms with Crippen molar-refractivity contribution in [1.82, 2.24) is 4.90 Å². The lowest BCUT2D eigenvalue weighted by molar-refractivity contribution is -0.150. The van der Waals surface area contributed by atoms with Gasteiger partial charge in [0.05, 0.1) is 13.2 Å². The van der Waals surface area contributed by atoms with Crippen LogP contribution in [0.1, 0.15) is 5.56 Å². The van der Waals surface area contributed by atoms with Gasteiger partial charge in [-0.2, -0.15) is 0 Å². The fourth-order valence-electron chi connectivity index (χ4n) is 1.99. The number of aliphatic carboxylic acids is 1. The van der Waals surface area contributed by atoms with E-state index in [1.54, 1.807) is 0 Å². The number of ether oxygens (including phenoxy) is 1. The zero-order valence-corrected chi connectivity index (χ0v) is 9.91. The van der Waals surface area contributed by atoms with Crippen molar-refractivity contribution in [3.8, 4) is 0 Å². The van der Waals surface area contributed by atoms with E-state index < -0.39 is 29.5 Å². The first-order valence-corrected chi connectivity index (χ1v) is 5.67. The molecule has 1 aromatic carbocycles. The number of morpholine rings is 1. The molecule has 0 amide bonds. The molecule has 2 rings (SSSR count). The summed E-state index contributed by atoms with van der Waals surface area (Å²) in [6.07, 6.45) is 0. The molecule has 1 fully saturated rings. The minimum absolute atomic E-state index is 0.0154. The van der Waals surface area contributed by atoms with Crippen LogP contribution in [0.4, 0.5) is 13.2 Å². The number of rotatable bonds is 3. The molecule has 7 heteroatoms. The van der Waals surface area contributed by atoms with Crippen molar-refractivity contribution in [1.29, 1.82) is 0 Å². The van der Waals surface area contributed by atoms with Crippen LogP contribution in [0.5, 0.6) is 0 Å². The molecule has 1 aliphatic heterocycles. The Morgan fingerprint density at radius 3 is 2.58 bits per heavy atom. The molecule has 4 nitrogen and oxygen atoms in total. The quantitative estimate of drug-likeness (QED) is 0.847. The Kier molecular flexibility index (Phi) is 4.06. The summed E-state index contributed by atoms with van der Waals surface area (Å²) in [5, 5.41) is 9.01. The molecule has 0 spiro atoms. The number of carbonyl (C=O) groups is 1. The number of hydrogen-bond donors (Lipinski definition) is 1. The van der Waals surface area contributed by atoms with Gasteiger partial charge in [0, 0.05) is 13.1 Å². The molecule has 1 unspecified atom stereocenters.